The van der Waals surface area contributed by atoms with E-state index in [0.717, 1.165) is 18.4 Å². The number of hydrogen-bond donors (Lipinski definition) is 0. The summed E-state index contributed by atoms with van der Waals surface area (Å²) in [6.07, 6.45) is 1.72. The van der Waals surface area contributed by atoms with E-state index in [-0.39, 0.29) is 36.8 Å². The minimum atomic E-state index is -0.423. The van der Waals surface area contributed by atoms with Gasteiger partial charge in [0.15, 0.2) is 11.6 Å². The average Bonchev–Trinajstić information content (AvgIpc) is 3.21. The number of rotatable bonds is 8. The number of nitrogens with zero attached hydrogens (tertiary/aromatic N) is 2. The highest BCUT2D eigenvalue weighted by molar-refractivity contribution is 7.10. The van der Waals surface area contributed by atoms with Crippen LogP contribution in [0.15, 0.2) is 35.7 Å². The van der Waals surface area contributed by atoms with Crippen molar-refractivity contribution in [2.24, 2.45) is 5.92 Å². The number of carbonyl (C=O) groups excluding carboxylic acids is 2. The molecule has 162 valence electrons. The number of carbonyl (C=O) groups is 2. The van der Waals surface area contributed by atoms with E-state index in [1.807, 2.05) is 11.4 Å². The number of para-hydroxylation sites is 1. The summed E-state index contributed by atoms with van der Waals surface area (Å²) in [4.78, 5) is 29.9. The predicted octanol–water partition coefficient (Wildman–Crippen LogP) is 4.29. The molecule has 2 heterocycles. The van der Waals surface area contributed by atoms with Crippen LogP contribution >= 0.6 is 11.3 Å². The van der Waals surface area contributed by atoms with Crippen LogP contribution in [0.2, 0.25) is 0 Å². The fraction of sp³-hybridized carbons (Fsp3) is 0.478. The molecule has 2 aromatic rings. The third-order valence-corrected chi connectivity index (χ3v) is 6.65. The summed E-state index contributed by atoms with van der Waals surface area (Å²) in [5, 5.41) is 2.01. The van der Waals surface area contributed by atoms with Gasteiger partial charge in [0.05, 0.1) is 12.6 Å². The van der Waals surface area contributed by atoms with Crippen LogP contribution in [0, 0.1) is 11.7 Å². The first-order valence-corrected chi connectivity index (χ1v) is 11.3. The van der Waals surface area contributed by atoms with Gasteiger partial charge in [0.1, 0.15) is 6.61 Å². The Morgan fingerprint density at radius 3 is 2.80 bits per heavy atom. The SMILES string of the molecule is CC[C@@H](C)CN(CC(=O)N1CCc2sccc2[C@H]1COc1ccccc1F)C(C)=O. The lowest BCUT2D eigenvalue weighted by molar-refractivity contribution is -0.142. The fourth-order valence-corrected chi connectivity index (χ4v) is 4.60. The molecule has 0 N–H and O–H groups in total. The van der Waals surface area contributed by atoms with Crippen molar-refractivity contribution in [2.45, 2.75) is 39.7 Å². The standard InChI is InChI=1S/C23H29FN2O3S/c1-4-16(2)13-25(17(3)27)14-23(28)26-11-9-22-18(10-12-30-22)20(26)15-29-21-8-6-5-7-19(21)24/h5-8,10,12,16,20H,4,9,11,13-15H2,1-3H3/t16-,20-/m1/s1. The van der Waals surface area contributed by atoms with E-state index in [9.17, 15) is 14.0 Å². The normalized spacial score (nSPS) is 16.7. The first-order chi connectivity index (χ1) is 14.4. The minimum Gasteiger partial charge on any atom is -0.488 e. The van der Waals surface area contributed by atoms with Crippen molar-refractivity contribution >= 4 is 23.2 Å². The summed E-state index contributed by atoms with van der Waals surface area (Å²) in [6.45, 7) is 6.99. The van der Waals surface area contributed by atoms with E-state index in [1.165, 1.54) is 17.9 Å². The first kappa shape index (κ1) is 22.3. The average molecular weight is 433 g/mol. The molecule has 0 radical (unpaired) electrons. The van der Waals surface area contributed by atoms with Gasteiger partial charge in [-0.15, -0.1) is 11.3 Å². The van der Waals surface area contributed by atoms with Crippen LogP contribution in [0.3, 0.4) is 0 Å². The van der Waals surface area contributed by atoms with Crippen molar-refractivity contribution in [1.82, 2.24) is 9.80 Å². The Morgan fingerprint density at radius 1 is 1.33 bits per heavy atom. The molecule has 0 bridgehead atoms. The monoisotopic (exact) mass is 432 g/mol. The molecule has 5 nitrogen and oxygen atoms in total. The van der Waals surface area contributed by atoms with E-state index in [0.29, 0.717) is 19.0 Å². The van der Waals surface area contributed by atoms with E-state index in [2.05, 4.69) is 13.8 Å². The maximum Gasteiger partial charge on any atom is 0.242 e. The van der Waals surface area contributed by atoms with Crippen LogP contribution in [0.1, 0.15) is 43.7 Å². The molecule has 1 aromatic carbocycles. The minimum absolute atomic E-state index is 0.0509. The Kier molecular flexibility index (Phi) is 7.48. The highest BCUT2D eigenvalue weighted by Crippen LogP contribution is 2.34. The molecular formula is C23H29FN2O3S. The Balaban J connectivity index is 1.76. The molecule has 0 aliphatic carbocycles. The zero-order valence-corrected chi connectivity index (χ0v) is 18.6. The Hall–Kier alpha value is -2.41. The summed E-state index contributed by atoms with van der Waals surface area (Å²) in [7, 11) is 0. The van der Waals surface area contributed by atoms with Crippen LogP contribution in [-0.4, -0.2) is 47.9 Å². The fourth-order valence-electron chi connectivity index (χ4n) is 3.67. The molecule has 0 fully saturated rings. The Morgan fingerprint density at radius 2 is 2.10 bits per heavy atom. The van der Waals surface area contributed by atoms with Crippen LogP contribution in [0.4, 0.5) is 4.39 Å². The number of amides is 2. The highest BCUT2D eigenvalue weighted by Gasteiger charge is 2.33. The molecule has 0 unspecified atom stereocenters. The summed E-state index contributed by atoms with van der Waals surface area (Å²) < 4.78 is 19.8. The quantitative estimate of drug-likeness (QED) is 0.625. The van der Waals surface area contributed by atoms with Gasteiger partial charge in [0.25, 0.3) is 0 Å². The van der Waals surface area contributed by atoms with Crippen molar-refractivity contribution in [2.75, 3.05) is 26.2 Å². The second kappa shape index (κ2) is 10.1. The van der Waals surface area contributed by atoms with Gasteiger partial charge in [-0.2, -0.15) is 0 Å². The molecule has 1 aliphatic rings. The van der Waals surface area contributed by atoms with Gasteiger partial charge in [-0.25, -0.2) is 4.39 Å². The molecule has 0 saturated carbocycles. The molecule has 0 saturated heterocycles. The van der Waals surface area contributed by atoms with Crippen LogP contribution in [0.25, 0.3) is 0 Å². The molecule has 3 rings (SSSR count). The van der Waals surface area contributed by atoms with E-state index in [4.69, 9.17) is 4.74 Å². The number of halogens is 1. The van der Waals surface area contributed by atoms with E-state index >= 15 is 0 Å². The third-order valence-electron chi connectivity index (χ3n) is 5.65. The molecule has 2 atom stereocenters. The lowest BCUT2D eigenvalue weighted by Crippen LogP contribution is -2.48. The van der Waals surface area contributed by atoms with Crippen molar-refractivity contribution in [3.63, 3.8) is 0 Å². The largest absolute Gasteiger partial charge is 0.488 e. The number of fused-ring (bicyclic) bond motifs is 1. The second-order valence-corrected chi connectivity index (χ2v) is 8.81. The molecule has 7 heteroatoms. The lowest BCUT2D eigenvalue weighted by atomic mass is 10.00. The summed E-state index contributed by atoms with van der Waals surface area (Å²) >= 11 is 1.67. The van der Waals surface area contributed by atoms with Crippen molar-refractivity contribution in [1.29, 1.82) is 0 Å². The second-order valence-electron chi connectivity index (χ2n) is 7.81. The zero-order valence-electron chi connectivity index (χ0n) is 17.8. The van der Waals surface area contributed by atoms with Crippen molar-refractivity contribution in [3.8, 4) is 5.75 Å². The smallest absolute Gasteiger partial charge is 0.242 e. The topological polar surface area (TPSA) is 49.9 Å². The molecule has 1 aliphatic heterocycles. The molecule has 0 spiro atoms. The zero-order chi connectivity index (χ0) is 21.7. The van der Waals surface area contributed by atoms with Gasteiger partial charge in [0.2, 0.25) is 11.8 Å². The van der Waals surface area contributed by atoms with Crippen LogP contribution < -0.4 is 4.74 Å². The number of hydrogen-bond acceptors (Lipinski definition) is 4. The van der Waals surface area contributed by atoms with Gasteiger partial charge >= 0.3 is 0 Å². The maximum absolute atomic E-state index is 14.0. The van der Waals surface area contributed by atoms with E-state index < -0.39 is 5.82 Å². The molecule has 30 heavy (non-hydrogen) atoms. The number of ether oxygens (including phenoxy) is 1. The van der Waals surface area contributed by atoms with Gasteiger partial charge in [-0.05, 0) is 41.5 Å². The van der Waals surface area contributed by atoms with Gasteiger partial charge in [-0.1, -0.05) is 32.4 Å². The lowest BCUT2D eigenvalue weighted by Gasteiger charge is -2.37. The Labute approximate surface area is 181 Å². The highest BCUT2D eigenvalue weighted by atomic mass is 32.1. The van der Waals surface area contributed by atoms with Crippen molar-refractivity contribution < 1.29 is 18.7 Å². The van der Waals surface area contributed by atoms with Crippen LogP contribution in [-0.2, 0) is 16.0 Å². The summed E-state index contributed by atoms with van der Waals surface area (Å²) in [5.74, 6) is -0.127. The first-order valence-electron chi connectivity index (χ1n) is 10.4. The molecule has 2 amide bonds. The molecular weight excluding hydrogens is 403 g/mol. The number of thiophene rings is 1. The van der Waals surface area contributed by atoms with Gasteiger partial charge < -0.3 is 14.5 Å². The van der Waals surface area contributed by atoms with E-state index in [1.54, 1.807) is 39.3 Å². The van der Waals surface area contributed by atoms with Crippen molar-refractivity contribution in [3.05, 3.63) is 52.0 Å². The summed E-state index contributed by atoms with van der Waals surface area (Å²) in [6, 6.07) is 7.99. The van der Waals surface area contributed by atoms with Gasteiger partial charge in [-0.3, -0.25) is 9.59 Å². The predicted molar refractivity (Wildman–Crippen MR) is 116 cm³/mol. The third kappa shape index (κ3) is 5.19. The van der Waals surface area contributed by atoms with Gasteiger partial charge in [0, 0.05) is 24.9 Å². The maximum atomic E-state index is 14.0. The molecule has 1 aromatic heterocycles. The van der Waals surface area contributed by atoms with Crippen LogP contribution in [0.5, 0.6) is 5.75 Å². The number of benzene rings is 1. The Bertz CT molecular complexity index is 885. The summed E-state index contributed by atoms with van der Waals surface area (Å²) in [5.41, 5.74) is 1.05.